The Morgan fingerprint density at radius 3 is 2.78 bits per heavy atom. The largest absolute Gasteiger partial charge is 0.399 e. The third-order valence-electron chi connectivity index (χ3n) is 2.73. The second-order valence-corrected chi connectivity index (χ2v) is 4.42. The van der Waals surface area contributed by atoms with Gasteiger partial charge in [-0.25, -0.2) is 0 Å². The number of nitrogens with two attached hydrogens (primary N) is 2. The van der Waals surface area contributed by atoms with E-state index >= 15 is 0 Å². The van der Waals surface area contributed by atoms with Gasteiger partial charge in [-0.05, 0) is 24.6 Å². The third kappa shape index (κ3) is 4.73. The first kappa shape index (κ1) is 14.5. The molecule has 4 N–H and O–H groups in total. The van der Waals surface area contributed by atoms with Gasteiger partial charge in [0.05, 0.1) is 13.2 Å². The van der Waals surface area contributed by atoms with Gasteiger partial charge in [0, 0.05) is 25.4 Å². The number of nitrogens with zero attached hydrogens (tertiary/aromatic N) is 1. The number of amides is 1. The van der Waals surface area contributed by atoms with Crippen LogP contribution in [0.2, 0.25) is 0 Å². The summed E-state index contributed by atoms with van der Waals surface area (Å²) < 4.78 is 5.11. The SMILES string of the molecule is COCC(C)N(CC(N)=O)Cc1cccc(N)c1. The summed E-state index contributed by atoms with van der Waals surface area (Å²) in [5.41, 5.74) is 12.8. The number of ether oxygens (including phenoxy) is 1. The quantitative estimate of drug-likeness (QED) is 0.695. The molecule has 18 heavy (non-hydrogen) atoms. The van der Waals surface area contributed by atoms with Crippen LogP contribution in [0, 0.1) is 0 Å². The second kappa shape index (κ2) is 6.98. The van der Waals surface area contributed by atoms with Gasteiger partial charge in [-0.2, -0.15) is 0 Å². The van der Waals surface area contributed by atoms with Gasteiger partial charge in [0.25, 0.3) is 0 Å². The molecule has 1 amide bonds. The van der Waals surface area contributed by atoms with E-state index < -0.39 is 0 Å². The van der Waals surface area contributed by atoms with E-state index in [1.165, 1.54) is 0 Å². The van der Waals surface area contributed by atoms with Crippen molar-refractivity contribution < 1.29 is 9.53 Å². The first-order valence-corrected chi connectivity index (χ1v) is 5.88. The molecule has 0 aromatic heterocycles. The fraction of sp³-hybridized carbons (Fsp3) is 0.462. The number of benzene rings is 1. The van der Waals surface area contributed by atoms with Crippen LogP contribution < -0.4 is 11.5 Å². The maximum atomic E-state index is 11.1. The first-order chi connectivity index (χ1) is 8.52. The number of hydrogen-bond donors (Lipinski definition) is 2. The van der Waals surface area contributed by atoms with Gasteiger partial charge >= 0.3 is 0 Å². The summed E-state index contributed by atoms with van der Waals surface area (Å²) in [6.45, 7) is 3.38. The van der Waals surface area contributed by atoms with Gasteiger partial charge in [0.2, 0.25) is 5.91 Å². The Hall–Kier alpha value is -1.59. The number of methoxy groups -OCH3 is 1. The minimum absolute atomic E-state index is 0.115. The molecular weight excluding hydrogens is 230 g/mol. The molecule has 0 aliphatic heterocycles. The molecule has 0 fully saturated rings. The highest BCUT2D eigenvalue weighted by molar-refractivity contribution is 5.75. The number of carbonyl (C=O) groups excluding carboxylic acids is 1. The molecule has 100 valence electrons. The van der Waals surface area contributed by atoms with E-state index in [0.717, 1.165) is 5.56 Å². The predicted octanol–water partition coefficient (Wildman–Crippen LogP) is 0.591. The van der Waals surface area contributed by atoms with E-state index in [1.54, 1.807) is 7.11 Å². The van der Waals surface area contributed by atoms with Crippen molar-refractivity contribution in [1.29, 1.82) is 0 Å². The Bertz CT molecular complexity index is 396. The smallest absolute Gasteiger partial charge is 0.231 e. The number of carbonyl (C=O) groups is 1. The summed E-state index contributed by atoms with van der Waals surface area (Å²) >= 11 is 0. The van der Waals surface area contributed by atoms with Crippen LogP contribution in [0.5, 0.6) is 0 Å². The van der Waals surface area contributed by atoms with E-state index in [1.807, 2.05) is 36.1 Å². The second-order valence-electron chi connectivity index (χ2n) is 4.42. The van der Waals surface area contributed by atoms with E-state index in [0.29, 0.717) is 18.8 Å². The lowest BCUT2D eigenvalue weighted by molar-refractivity contribution is -0.120. The number of nitrogen functional groups attached to an aromatic ring is 1. The van der Waals surface area contributed by atoms with Crippen LogP contribution in [0.1, 0.15) is 12.5 Å². The topological polar surface area (TPSA) is 81.6 Å². The Morgan fingerprint density at radius 1 is 1.50 bits per heavy atom. The van der Waals surface area contributed by atoms with Crippen LogP contribution in [-0.4, -0.2) is 37.1 Å². The van der Waals surface area contributed by atoms with Crippen molar-refractivity contribution in [2.45, 2.75) is 19.5 Å². The maximum Gasteiger partial charge on any atom is 0.231 e. The maximum absolute atomic E-state index is 11.1. The third-order valence-corrected chi connectivity index (χ3v) is 2.73. The average molecular weight is 251 g/mol. The fourth-order valence-corrected chi connectivity index (χ4v) is 1.84. The monoisotopic (exact) mass is 251 g/mol. The standard InChI is InChI=1S/C13H21N3O2/c1-10(9-18-2)16(8-13(15)17)7-11-4-3-5-12(14)6-11/h3-6,10H,7-9,14H2,1-2H3,(H2,15,17). The van der Waals surface area contributed by atoms with Gasteiger partial charge in [-0.1, -0.05) is 12.1 Å². The summed E-state index contributed by atoms with van der Waals surface area (Å²) in [5, 5.41) is 0. The molecule has 0 radical (unpaired) electrons. The molecule has 0 spiro atoms. The highest BCUT2D eigenvalue weighted by Crippen LogP contribution is 2.11. The van der Waals surface area contributed by atoms with Crippen molar-refractivity contribution in [3.05, 3.63) is 29.8 Å². The zero-order valence-electron chi connectivity index (χ0n) is 10.9. The molecule has 5 heteroatoms. The molecule has 1 aromatic carbocycles. The summed E-state index contributed by atoms with van der Waals surface area (Å²) in [4.78, 5) is 13.1. The Balaban J connectivity index is 2.74. The molecule has 0 saturated carbocycles. The molecule has 0 heterocycles. The number of primary amides is 1. The lowest BCUT2D eigenvalue weighted by Crippen LogP contribution is -2.41. The van der Waals surface area contributed by atoms with Crippen LogP contribution in [0.25, 0.3) is 0 Å². The van der Waals surface area contributed by atoms with Crippen molar-refractivity contribution in [2.75, 3.05) is 26.0 Å². The fourth-order valence-electron chi connectivity index (χ4n) is 1.84. The van der Waals surface area contributed by atoms with E-state index in [2.05, 4.69) is 0 Å². The van der Waals surface area contributed by atoms with Gasteiger partial charge in [-0.3, -0.25) is 9.69 Å². The van der Waals surface area contributed by atoms with Crippen LogP contribution in [0.15, 0.2) is 24.3 Å². The first-order valence-electron chi connectivity index (χ1n) is 5.88. The van der Waals surface area contributed by atoms with E-state index in [4.69, 9.17) is 16.2 Å². The molecule has 5 nitrogen and oxygen atoms in total. The van der Waals surface area contributed by atoms with Crippen LogP contribution in [0.4, 0.5) is 5.69 Å². The van der Waals surface area contributed by atoms with Crippen molar-refractivity contribution >= 4 is 11.6 Å². The molecule has 0 aliphatic rings. The zero-order valence-corrected chi connectivity index (χ0v) is 10.9. The summed E-state index contributed by atoms with van der Waals surface area (Å²) in [5.74, 6) is -0.346. The molecule has 1 unspecified atom stereocenters. The predicted molar refractivity (Wildman–Crippen MR) is 71.8 cm³/mol. The van der Waals surface area contributed by atoms with E-state index in [9.17, 15) is 4.79 Å². The summed E-state index contributed by atoms with van der Waals surface area (Å²) in [6.07, 6.45) is 0. The number of hydrogen-bond acceptors (Lipinski definition) is 4. The van der Waals surface area contributed by atoms with Gasteiger partial charge in [0.15, 0.2) is 0 Å². The molecule has 0 bridgehead atoms. The van der Waals surface area contributed by atoms with Gasteiger partial charge < -0.3 is 16.2 Å². The minimum Gasteiger partial charge on any atom is -0.399 e. The average Bonchev–Trinajstić information content (AvgIpc) is 2.28. The van der Waals surface area contributed by atoms with Crippen LogP contribution in [-0.2, 0) is 16.1 Å². The summed E-state index contributed by atoms with van der Waals surface area (Å²) in [7, 11) is 1.64. The number of rotatable bonds is 7. The van der Waals surface area contributed by atoms with E-state index in [-0.39, 0.29) is 18.5 Å². The minimum atomic E-state index is -0.346. The normalized spacial score (nSPS) is 12.6. The van der Waals surface area contributed by atoms with Crippen LogP contribution >= 0.6 is 0 Å². The van der Waals surface area contributed by atoms with Crippen molar-refractivity contribution in [2.24, 2.45) is 5.73 Å². The van der Waals surface area contributed by atoms with Crippen molar-refractivity contribution in [3.63, 3.8) is 0 Å². The lowest BCUT2D eigenvalue weighted by atomic mass is 10.1. The molecule has 0 aliphatic carbocycles. The van der Waals surface area contributed by atoms with Crippen LogP contribution in [0.3, 0.4) is 0 Å². The molecule has 1 rings (SSSR count). The summed E-state index contributed by atoms with van der Waals surface area (Å²) in [6, 6.07) is 7.72. The van der Waals surface area contributed by atoms with Crippen molar-refractivity contribution in [1.82, 2.24) is 4.90 Å². The highest BCUT2D eigenvalue weighted by atomic mass is 16.5. The Labute approximate surface area is 108 Å². The van der Waals surface area contributed by atoms with Crippen molar-refractivity contribution in [3.8, 4) is 0 Å². The van der Waals surface area contributed by atoms with Gasteiger partial charge in [-0.15, -0.1) is 0 Å². The Kier molecular flexibility index (Phi) is 5.61. The number of anilines is 1. The molecule has 1 atom stereocenters. The molecular formula is C13H21N3O2. The lowest BCUT2D eigenvalue weighted by Gasteiger charge is -2.27. The zero-order chi connectivity index (χ0) is 13.5. The molecule has 0 saturated heterocycles. The molecule has 1 aromatic rings. The highest BCUT2D eigenvalue weighted by Gasteiger charge is 2.16. The Morgan fingerprint density at radius 2 is 2.22 bits per heavy atom. The van der Waals surface area contributed by atoms with Gasteiger partial charge in [0.1, 0.15) is 0 Å².